The summed E-state index contributed by atoms with van der Waals surface area (Å²) in [4.78, 5) is 11.1. The van der Waals surface area contributed by atoms with Gasteiger partial charge in [0.05, 0.1) is 12.1 Å². The monoisotopic (exact) mass is 169 g/mol. The number of aliphatic hydroxyl groups excluding tert-OH is 1. The van der Waals surface area contributed by atoms with Gasteiger partial charge < -0.3 is 10.4 Å². The van der Waals surface area contributed by atoms with Crippen LogP contribution in [0, 0.1) is 0 Å². The number of amides is 1. The number of aliphatic hydroxyl groups is 1. The number of hydrogen-bond donors (Lipinski definition) is 2. The molecule has 2 atom stereocenters. The average Bonchev–Trinajstić information content (AvgIpc) is 2.28. The summed E-state index contributed by atoms with van der Waals surface area (Å²) in [6, 6.07) is -0.127. The third-order valence-electron chi connectivity index (χ3n) is 2.17. The van der Waals surface area contributed by atoms with Gasteiger partial charge in [-0.25, -0.2) is 0 Å². The zero-order chi connectivity index (χ0) is 8.97. The van der Waals surface area contributed by atoms with Gasteiger partial charge in [0.15, 0.2) is 0 Å². The molecule has 0 spiro atoms. The van der Waals surface area contributed by atoms with Gasteiger partial charge in [-0.05, 0) is 12.8 Å². The summed E-state index contributed by atoms with van der Waals surface area (Å²) in [7, 11) is 0. The molecule has 0 aliphatic carbocycles. The van der Waals surface area contributed by atoms with Crippen molar-refractivity contribution in [2.45, 2.75) is 37.8 Å². The van der Waals surface area contributed by atoms with Crippen molar-refractivity contribution in [1.29, 1.82) is 0 Å². The topological polar surface area (TPSA) is 49.3 Å². The van der Waals surface area contributed by atoms with Crippen molar-refractivity contribution >= 4 is 5.91 Å². The van der Waals surface area contributed by atoms with E-state index in [1.165, 1.54) is 6.08 Å². The Morgan fingerprint density at radius 1 is 1.67 bits per heavy atom. The highest BCUT2D eigenvalue weighted by Gasteiger charge is 2.20. The van der Waals surface area contributed by atoms with Crippen LogP contribution in [-0.4, -0.2) is 23.2 Å². The molecule has 3 nitrogen and oxygen atoms in total. The Hall–Kier alpha value is -0.830. The Kier molecular flexibility index (Phi) is 3.29. The van der Waals surface area contributed by atoms with Crippen LogP contribution in [0.3, 0.4) is 0 Å². The second-order valence-electron chi connectivity index (χ2n) is 3.15. The molecule has 0 saturated carbocycles. The molecule has 1 aliphatic rings. The predicted octanol–water partition coefficient (Wildman–Crippen LogP) is 0.592. The maximum atomic E-state index is 11.1. The molecule has 0 aromatic heterocycles. The van der Waals surface area contributed by atoms with Crippen molar-refractivity contribution in [2.24, 2.45) is 0 Å². The Balaban J connectivity index is 2.51. The quantitative estimate of drug-likeness (QED) is 0.594. The summed E-state index contributed by atoms with van der Waals surface area (Å²) >= 11 is 0. The average molecular weight is 169 g/mol. The fourth-order valence-corrected chi connectivity index (χ4v) is 1.42. The minimum Gasteiger partial charge on any atom is -0.387 e. The van der Waals surface area contributed by atoms with Crippen LogP contribution in [0.1, 0.15) is 25.7 Å². The molecule has 0 radical (unpaired) electrons. The normalized spacial score (nSPS) is 27.1. The van der Waals surface area contributed by atoms with Crippen LogP contribution in [0.4, 0.5) is 0 Å². The molecule has 2 N–H and O–H groups in total. The molecule has 0 aromatic rings. The van der Waals surface area contributed by atoms with Crippen LogP contribution in [-0.2, 0) is 4.79 Å². The highest BCUT2D eigenvalue weighted by molar-refractivity contribution is 5.76. The van der Waals surface area contributed by atoms with E-state index in [1.54, 1.807) is 0 Å². The van der Waals surface area contributed by atoms with Crippen molar-refractivity contribution in [2.75, 3.05) is 0 Å². The van der Waals surface area contributed by atoms with Crippen LogP contribution < -0.4 is 5.32 Å². The molecule has 1 amide bonds. The Labute approximate surface area is 72.5 Å². The lowest BCUT2D eigenvalue weighted by Gasteiger charge is -2.18. The first-order valence-electron chi connectivity index (χ1n) is 4.34. The second-order valence-corrected chi connectivity index (χ2v) is 3.15. The molecule has 12 heavy (non-hydrogen) atoms. The molecule has 1 fully saturated rings. The molecule has 3 heteroatoms. The van der Waals surface area contributed by atoms with Crippen LogP contribution in [0.2, 0.25) is 0 Å². The summed E-state index contributed by atoms with van der Waals surface area (Å²) in [6.07, 6.45) is 4.21. The highest BCUT2D eigenvalue weighted by atomic mass is 16.3. The first-order chi connectivity index (χ1) is 5.74. The fourth-order valence-electron chi connectivity index (χ4n) is 1.42. The smallest absolute Gasteiger partial charge is 0.220 e. The van der Waals surface area contributed by atoms with E-state index in [4.69, 9.17) is 0 Å². The minimum absolute atomic E-state index is 0.0402. The van der Waals surface area contributed by atoms with Crippen LogP contribution >= 0.6 is 0 Å². The zero-order valence-corrected chi connectivity index (χ0v) is 7.12. The maximum Gasteiger partial charge on any atom is 0.220 e. The molecule has 1 aliphatic heterocycles. The standard InChI is InChI=1S/C9H15NO2/c1-2-8(11)7-5-3-4-6-9(12)10-7/h2,7-8,11H,1,3-6H2,(H,10,12). The van der Waals surface area contributed by atoms with E-state index in [0.717, 1.165) is 19.3 Å². The molecule has 68 valence electrons. The van der Waals surface area contributed by atoms with Gasteiger partial charge in [0.1, 0.15) is 0 Å². The van der Waals surface area contributed by atoms with Gasteiger partial charge in [0.25, 0.3) is 0 Å². The minimum atomic E-state index is -0.605. The molecule has 1 saturated heterocycles. The van der Waals surface area contributed by atoms with Crippen molar-refractivity contribution in [3.05, 3.63) is 12.7 Å². The van der Waals surface area contributed by atoms with Gasteiger partial charge in [-0.15, -0.1) is 6.58 Å². The van der Waals surface area contributed by atoms with E-state index < -0.39 is 6.10 Å². The number of hydrogen-bond acceptors (Lipinski definition) is 2. The van der Waals surface area contributed by atoms with Crippen LogP contribution in [0.15, 0.2) is 12.7 Å². The zero-order valence-electron chi connectivity index (χ0n) is 7.12. The van der Waals surface area contributed by atoms with E-state index in [9.17, 15) is 9.90 Å². The van der Waals surface area contributed by atoms with Crippen molar-refractivity contribution in [3.63, 3.8) is 0 Å². The molecule has 0 aromatic carbocycles. The fraction of sp³-hybridized carbons (Fsp3) is 0.667. The van der Waals surface area contributed by atoms with Crippen LogP contribution in [0.5, 0.6) is 0 Å². The molecule has 2 unspecified atom stereocenters. The summed E-state index contributed by atoms with van der Waals surface area (Å²) in [5.74, 6) is 0.0402. The Morgan fingerprint density at radius 2 is 2.42 bits per heavy atom. The van der Waals surface area contributed by atoms with E-state index >= 15 is 0 Å². The van der Waals surface area contributed by atoms with Crippen molar-refractivity contribution in [3.8, 4) is 0 Å². The van der Waals surface area contributed by atoms with Gasteiger partial charge in [-0.2, -0.15) is 0 Å². The molecule has 0 bridgehead atoms. The number of carbonyl (C=O) groups excluding carboxylic acids is 1. The number of nitrogens with one attached hydrogen (secondary N) is 1. The van der Waals surface area contributed by atoms with E-state index in [2.05, 4.69) is 11.9 Å². The largest absolute Gasteiger partial charge is 0.387 e. The summed E-state index contributed by atoms with van der Waals surface area (Å²) in [6.45, 7) is 3.49. The van der Waals surface area contributed by atoms with Gasteiger partial charge >= 0.3 is 0 Å². The number of rotatable bonds is 2. The predicted molar refractivity (Wildman–Crippen MR) is 46.6 cm³/mol. The molecular weight excluding hydrogens is 154 g/mol. The summed E-state index contributed by atoms with van der Waals surface area (Å²) in [5.41, 5.74) is 0. The Bertz CT molecular complexity index is 179. The summed E-state index contributed by atoms with van der Waals surface area (Å²) < 4.78 is 0. The lowest BCUT2D eigenvalue weighted by Crippen LogP contribution is -2.40. The van der Waals surface area contributed by atoms with E-state index in [0.29, 0.717) is 6.42 Å². The first-order valence-corrected chi connectivity index (χ1v) is 4.34. The van der Waals surface area contributed by atoms with Gasteiger partial charge in [0, 0.05) is 6.42 Å². The second kappa shape index (κ2) is 4.26. The van der Waals surface area contributed by atoms with Crippen LogP contribution in [0.25, 0.3) is 0 Å². The SMILES string of the molecule is C=CC(O)C1CCCCC(=O)N1. The lowest BCUT2D eigenvalue weighted by molar-refractivity contribution is -0.121. The molecule has 1 heterocycles. The van der Waals surface area contributed by atoms with E-state index in [1.807, 2.05) is 0 Å². The van der Waals surface area contributed by atoms with Crippen molar-refractivity contribution in [1.82, 2.24) is 5.32 Å². The first kappa shape index (κ1) is 9.26. The van der Waals surface area contributed by atoms with Gasteiger partial charge in [-0.1, -0.05) is 12.5 Å². The van der Waals surface area contributed by atoms with Gasteiger partial charge in [-0.3, -0.25) is 4.79 Å². The molecule has 1 rings (SSSR count). The van der Waals surface area contributed by atoms with Crippen molar-refractivity contribution < 1.29 is 9.90 Å². The Morgan fingerprint density at radius 3 is 3.08 bits per heavy atom. The molecular formula is C9H15NO2. The number of carbonyl (C=O) groups is 1. The van der Waals surface area contributed by atoms with Gasteiger partial charge in [0.2, 0.25) is 5.91 Å². The third kappa shape index (κ3) is 2.34. The van der Waals surface area contributed by atoms with E-state index in [-0.39, 0.29) is 11.9 Å². The third-order valence-corrected chi connectivity index (χ3v) is 2.17. The maximum absolute atomic E-state index is 11.1. The summed E-state index contributed by atoms with van der Waals surface area (Å²) in [5, 5.41) is 12.2. The lowest BCUT2D eigenvalue weighted by atomic mass is 10.1. The highest BCUT2D eigenvalue weighted by Crippen LogP contribution is 2.12.